The molecular formula is C72H150N4O2. The Bertz CT molecular complexity index is 995. The maximum Gasteiger partial charge on any atom is 0.409 e. The van der Waals surface area contributed by atoms with E-state index in [1.807, 2.05) is 4.90 Å². The van der Waals surface area contributed by atoms with Crippen LogP contribution in [0.25, 0.3) is 0 Å². The zero-order valence-corrected chi connectivity index (χ0v) is 55.4. The van der Waals surface area contributed by atoms with Crippen LogP contribution in [-0.2, 0) is 4.74 Å². The van der Waals surface area contributed by atoms with Crippen LogP contribution >= 0.6 is 0 Å². The second-order valence-electron chi connectivity index (χ2n) is 25.3. The zero-order valence-electron chi connectivity index (χ0n) is 55.4. The monoisotopic (exact) mass is 1100 g/mol. The van der Waals surface area contributed by atoms with E-state index in [9.17, 15) is 4.79 Å². The molecule has 0 aromatic carbocycles. The predicted molar refractivity (Wildman–Crippen MR) is 353 cm³/mol. The molecule has 470 valence electrons. The van der Waals surface area contributed by atoms with E-state index in [0.717, 1.165) is 45.6 Å². The molecule has 6 nitrogen and oxygen atoms in total. The van der Waals surface area contributed by atoms with E-state index in [4.69, 9.17) is 4.74 Å². The number of hydrogen-bond donors (Lipinski definition) is 1. The van der Waals surface area contributed by atoms with Gasteiger partial charge >= 0.3 is 6.09 Å². The van der Waals surface area contributed by atoms with Crippen molar-refractivity contribution in [3.05, 3.63) is 0 Å². The molecule has 0 spiro atoms. The van der Waals surface area contributed by atoms with Gasteiger partial charge in [0, 0.05) is 32.7 Å². The Morgan fingerprint density at radius 1 is 0.269 bits per heavy atom. The number of ether oxygens (including phenoxy) is 1. The first kappa shape index (κ1) is 79.2. The molecule has 0 rings (SSSR count). The normalized spacial score (nSPS) is 11.6. The summed E-state index contributed by atoms with van der Waals surface area (Å²) < 4.78 is 5.75. The fourth-order valence-corrected chi connectivity index (χ4v) is 11.2. The summed E-state index contributed by atoms with van der Waals surface area (Å²) in [5, 5.41) is 3.67. The highest BCUT2D eigenvalue weighted by Gasteiger charge is 2.15. The summed E-state index contributed by atoms with van der Waals surface area (Å²) >= 11 is 0. The van der Waals surface area contributed by atoms with Crippen molar-refractivity contribution in [1.29, 1.82) is 0 Å². The largest absolute Gasteiger partial charge is 0.448 e. The van der Waals surface area contributed by atoms with Crippen LogP contribution in [0.3, 0.4) is 0 Å². The highest BCUT2D eigenvalue weighted by molar-refractivity contribution is 5.67. The molecule has 0 aliphatic heterocycles. The molecule has 1 N–H and O–H groups in total. The van der Waals surface area contributed by atoms with Crippen LogP contribution in [0.4, 0.5) is 4.79 Å². The summed E-state index contributed by atoms with van der Waals surface area (Å²) in [5.41, 5.74) is 0. The van der Waals surface area contributed by atoms with Crippen LogP contribution in [-0.4, -0.2) is 94.4 Å². The Hall–Kier alpha value is -0.850. The van der Waals surface area contributed by atoms with Gasteiger partial charge < -0.3 is 24.8 Å². The van der Waals surface area contributed by atoms with E-state index in [0.29, 0.717) is 6.61 Å². The molecule has 78 heavy (non-hydrogen) atoms. The molecule has 0 aromatic heterocycles. The number of carbonyl (C=O) groups excluding carboxylic acids is 1. The van der Waals surface area contributed by atoms with Crippen LogP contribution in [0.2, 0.25) is 0 Å². The minimum absolute atomic E-state index is 0.0969. The smallest absolute Gasteiger partial charge is 0.409 e. The zero-order chi connectivity index (χ0) is 57.0. The average Bonchev–Trinajstić information content (AvgIpc) is 3.43. The molecule has 0 aromatic rings. The van der Waals surface area contributed by atoms with Crippen LogP contribution in [0.1, 0.15) is 387 Å². The van der Waals surface area contributed by atoms with E-state index in [1.165, 1.54) is 360 Å². The number of nitrogens with one attached hydrogen (secondary N) is 1. The third kappa shape index (κ3) is 71.3. The summed E-state index contributed by atoms with van der Waals surface area (Å²) in [4.78, 5) is 19.5. The van der Waals surface area contributed by atoms with Crippen LogP contribution < -0.4 is 5.32 Å². The summed E-state index contributed by atoms with van der Waals surface area (Å²) in [6.07, 6.45) is 78.8. The van der Waals surface area contributed by atoms with Gasteiger partial charge in [-0.1, -0.05) is 362 Å². The SMILES string of the molecule is CCCCCCCCCCCCCCCCN(CCCCCCCCCCCCCCCC)C(=O)OCCN(C)CCN(C)C.CCCCCCCCCCCCCCCCNCCCCCCCCCCCCCCCC. The molecule has 0 aliphatic rings. The van der Waals surface area contributed by atoms with E-state index in [1.54, 1.807) is 0 Å². The van der Waals surface area contributed by atoms with Crippen molar-refractivity contribution in [3.8, 4) is 0 Å². The highest BCUT2D eigenvalue weighted by atomic mass is 16.6. The predicted octanol–water partition coefficient (Wildman–Crippen LogP) is 23.4. The van der Waals surface area contributed by atoms with Gasteiger partial charge in [-0.25, -0.2) is 4.79 Å². The van der Waals surface area contributed by atoms with E-state index in [-0.39, 0.29) is 6.09 Å². The minimum Gasteiger partial charge on any atom is -0.448 e. The van der Waals surface area contributed by atoms with Crippen molar-refractivity contribution in [1.82, 2.24) is 20.0 Å². The van der Waals surface area contributed by atoms with Gasteiger partial charge in [0.25, 0.3) is 0 Å². The lowest BCUT2D eigenvalue weighted by Gasteiger charge is -2.24. The number of likely N-dealkylation sites (N-methyl/N-ethyl adjacent to an activating group) is 2. The van der Waals surface area contributed by atoms with Crippen LogP contribution in [0.15, 0.2) is 0 Å². The second-order valence-corrected chi connectivity index (χ2v) is 25.3. The standard InChI is InChI=1S/C40H83N3O2.C32H67N/c1-6-8-10-12-14-16-18-20-22-24-26-28-30-32-34-43(40(44)45-39-38-42(5)37-36-41(3)4)35-33-31-29-27-25-23-21-19-17-15-13-11-9-7-2;1-3-5-7-9-11-13-15-17-19-21-23-25-27-29-31-33-32-30-28-26-24-22-20-18-16-14-12-10-8-6-4-2/h6-39H2,1-5H3;33H,3-32H2,1-2H3. The van der Waals surface area contributed by atoms with Gasteiger partial charge in [-0.05, 0) is 59.9 Å². The molecule has 0 bridgehead atoms. The topological polar surface area (TPSA) is 48.1 Å². The van der Waals surface area contributed by atoms with Gasteiger partial charge in [0.05, 0.1) is 0 Å². The molecule has 1 amide bonds. The maximum absolute atomic E-state index is 13.0. The summed E-state index contributed by atoms with van der Waals surface area (Å²) in [5.74, 6) is 0. The number of amides is 1. The van der Waals surface area contributed by atoms with E-state index < -0.39 is 0 Å². The first-order valence-corrected chi connectivity index (χ1v) is 36.4. The number of rotatable bonds is 66. The number of nitrogens with zero attached hydrogens (tertiary/aromatic N) is 3. The average molecular weight is 1100 g/mol. The molecule has 0 unspecified atom stereocenters. The highest BCUT2D eigenvalue weighted by Crippen LogP contribution is 2.18. The Morgan fingerprint density at radius 3 is 0.718 bits per heavy atom. The fraction of sp³-hybridized carbons (Fsp3) is 0.986. The fourth-order valence-electron chi connectivity index (χ4n) is 11.2. The molecule has 0 saturated heterocycles. The van der Waals surface area contributed by atoms with Crippen LogP contribution in [0.5, 0.6) is 0 Å². The van der Waals surface area contributed by atoms with Gasteiger partial charge in [0.15, 0.2) is 0 Å². The van der Waals surface area contributed by atoms with Gasteiger partial charge in [0.1, 0.15) is 6.61 Å². The summed E-state index contributed by atoms with van der Waals surface area (Å²) in [6, 6.07) is 0. The summed E-state index contributed by atoms with van der Waals surface area (Å²) in [6.45, 7) is 16.7. The number of unbranched alkanes of at least 4 members (excludes halogenated alkanes) is 52. The van der Waals surface area contributed by atoms with Gasteiger partial charge in [-0.2, -0.15) is 0 Å². The number of hydrogen-bond acceptors (Lipinski definition) is 5. The maximum atomic E-state index is 13.0. The third-order valence-corrected chi connectivity index (χ3v) is 16.9. The van der Waals surface area contributed by atoms with Crippen LogP contribution in [0, 0.1) is 0 Å². The molecule has 0 heterocycles. The number of carbonyl (C=O) groups is 1. The third-order valence-electron chi connectivity index (χ3n) is 16.9. The quantitative estimate of drug-likeness (QED) is 0.0615. The Morgan fingerprint density at radius 2 is 0.487 bits per heavy atom. The van der Waals surface area contributed by atoms with Gasteiger partial charge in [-0.15, -0.1) is 0 Å². The lowest BCUT2D eigenvalue weighted by molar-refractivity contribution is 0.0914. The van der Waals surface area contributed by atoms with Crippen molar-refractivity contribution in [2.75, 3.05) is 73.6 Å². The van der Waals surface area contributed by atoms with Crippen molar-refractivity contribution in [2.45, 2.75) is 387 Å². The molecule has 0 saturated carbocycles. The Kier molecular flexibility index (Phi) is 73.4. The minimum atomic E-state index is -0.0969. The molecule has 0 fully saturated rings. The van der Waals surface area contributed by atoms with E-state index >= 15 is 0 Å². The molecule has 6 heteroatoms. The Labute approximate surface area is 494 Å². The molecular weight excluding hydrogens is 953 g/mol. The summed E-state index contributed by atoms with van der Waals surface area (Å²) in [7, 11) is 6.30. The Balaban J connectivity index is 0. The first-order chi connectivity index (χ1) is 38.4. The van der Waals surface area contributed by atoms with Gasteiger partial charge in [-0.3, -0.25) is 0 Å². The van der Waals surface area contributed by atoms with Crippen molar-refractivity contribution in [3.63, 3.8) is 0 Å². The molecule has 0 atom stereocenters. The first-order valence-electron chi connectivity index (χ1n) is 36.4. The van der Waals surface area contributed by atoms with Gasteiger partial charge in [0.2, 0.25) is 0 Å². The lowest BCUT2D eigenvalue weighted by atomic mass is 10.0. The van der Waals surface area contributed by atoms with Crippen molar-refractivity contribution >= 4 is 6.09 Å². The molecule has 0 aliphatic carbocycles. The van der Waals surface area contributed by atoms with Crippen molar-refractivity contribution in [2.24, 2.45) is 0 Å². The van der Waals surface area contributed by atoms with Crippen molar-refractivity contribution < 1.29 is 9.53 Å². The second kappa shape index (κ2) is 72.3. The lowest BCUT2D eigenvalue weighted by Crippen LogP contribution is -2.36. The molecule has 0 radical (unpaired) electrons. The van der Waals surface area contributed by atoms with E-state index in [2.05, 4.69) is 64.0 Å².